The molecule has 9 nitrogen and oxygen atoms in total. The second-order valence-electron chi connectivity index (χ2n) is 11.7. The Labute approximate surface area is 222 Å². The van der Waals surface area contributed by atoms with Crippen LogP contribution >= 0.6 is 0 Å². The number of hydrogen-bond acceptors (Lipinski definition) is 6. The molecule has 5 rings (SSSR count). The molecule has 2 saturated heterocycles. The first-order valence-electron chi connectivity index (χ1n) is 12.8. The van der Waals surface area contributed by atoms with Gasteiger partial charge in [-0.05, 0) is 43.9 Å². The average molecular weight is 518 g/mol. The molecule has 0 radical (unpaired) electrons. The summed E-state index contributed by atoms with van der Waals surface area (Å²) in [5, 5.41) is 6.34. The lowest BCUT2D eigenvalue weighted by atomic mass is 9.60. The Morgan fingerprint density at radius 2 is 1.97 bits per heavy atom. The number of ketones is 1. The van der Waals surface area contributed by atoms with Gasteiger partial charge in [-0.15, -0.1) is 6.58 Å². The first-order chi connectivity index (χ1) is 17.8. The monoisotopic (exact) mass is 517 g/mol. The normalized spacial score (nSPS) is 27.5. The van der Waals surface area contributed by atoms with Gasteiger partial charge in [-0.3, -0.25) is 19.3 Å². The summed E-state index contributed by atoms with van der Waals surface area (Å²) in [6.07, 6.45) is 6.93. The van der Waals surface area contributed by atoms with Gasteiger partial charge in [-0.25, -0.2) is 4.98 Å². The van der Waals surface area contributed by atoms with Crippen molar-refractivity contribution in [2.24, 2.45) is 5.41 Å². The van der Waals surface area contributed by atoms with E-state index in [1.54, 1.807) is 30.4 Å². The number of rotatable bonds is 7. The van der Waals surface area contributed by atoms with Crippen LogP contribution in [0.25, 0.3) is 6.08 Å². The Kier molecular flexibility index (Phi) is 5.72. The molecule has 0 saturated carbocycles. The predicted molar refractivity (Wildman–Crippen MR) is 144 cm³/mol. The van der Waals surface area contributed by atoms with Crippen LogP contribution in [0.2, 0.25) is 0 Å². The maximum Gasteiger partial charge on any atom is 0.278 e. The van der Waals surface area contributed by atoms with Crippen LogP contribution < -0.4 is 10.6 Å². The zero-order valence-electron chi connectivity index (χ0n) is 22.8. The van der Waals surface area contributed by atoms with Gasteiger partial charge in [0.25, 0.3) is 11.8 Å². The van der Waals surface area contributed by atoms with E-state index in [0.717, 1.165) is 11.3 Å². The lowest BCUT2D eigenvalue weighted by Crippen LogP contribution is -2.66. The summed E-state index contributed by atoms with van der Waals surface area (Å²) in [5.74, 6) is -0.703. The fraction of sp³-hybridized carbons (Fsp3) is 0.448. The number of amides is 2. The number of aromatic nitrogens is 2. The van der Waals surface area contributed by atoms with Crippen LogP contribution in [0.5, 0.6) is 0 Å². The molecule has 200 valence electrons. The van der Waals surface area contributed by atoms with Gasteiger partial charge in [0.1, 0.15) is 17.6 Å². The smallest absolute Gasteiger partial charge is 0.278 e. The SMILES string of the molecule is C=CC(C)(C)[C@@]12C[C@@]3(OC)C(=O)N/C(=C/c4cn(C(C)(C)CC(C)=O)cn4)C(=O)N3[C@@H]1Nc1ccccc12. The third-order valence-corrected chi connectivity index (χ3v) is 8.66. The van der Waals surface area contributed by atoms with E-state index < -0.39 is 34.2 Å². The molecule has 4 heterocycles. The number of carbonyl (C=O) groups is 3. The number of allylic oxidation sites excluding steroid dienone is 1. The average Bonchev–Trinajstić information content (AvgIpc) is 3.53. The molecular weight excluding hydrogens is 482 g/mol. The van der Waals surface area contributed by atoms with Crippen LogP contribution in [-0.2, 0) is 30.1 Å². The summed E-state index contributed by atoms with van der Waals surface area (Å²) in [7, 11) is 1.47. The van der Waals surface area contributed by atoms with Crippen molar-refractivity contribution in [2.75, 3.05) is 12.4 Å². The quantitative estimate of drug-likeness (QED) is 0.430. The van der Waals surface area contributed by atoms with Gasteiger partial charge in [-0.2, -0.15) is 0 Å². The number of para-hydroxylation sites is 1. The Morgan fingerprint density at radius 3 is 2.63 bits per heavy atom. The highest BCUT2D eigenvalue weighted by Gasteiger charge is 2.73. The number of carbonyl (C=O) groups excluding carboxylic acids is 3. The van der Waals surface area contributed by atoms with E-state index in [1.165, 1.54) is 7.11 Å². The lowest BCUT2D eigenvalue weighted by molar-refractivity contribution is -0.180. The molecule has 1 aromatic heterocycles. The molecule has 1 aromatic carbocycles. The Hall–Kier alpha value is -3.72. The fourth-order valence-electron chi connectivity index (χ4n) is 6.50. The van der Waals surface area contributed by atoms with Crippen molar-refractivity contribution in [3.63, 3.8) is 0 Å². The number of imidazole rings is 1. The van der Waals surface area contributed by atoms with Crippen LogP contribution in [0.1, 0.15) is 58.7 Å². The van der Waals surface area contributed by atoms with E-state index in [4.69, 9.17) is 4.74 Å². The predicted octanol–water partition coefficient (Wildman–Crippen LogP) is 3.54. The molecule has 0 spiro atoms. The van der Waals surface area contributed by atoms with Gasteiger partial charge in [-0.1, -0.05) is 38.1 Å². The van der Waals surface area contributed by atoms with Crippen LogP contribution in [0, 0.1) is 5.41 Å². The van der Waals surface area contributed by atoms with Crippen LogP contribution in [0.3, 0.4) is 0 Å². The van der Waals surface area contributed by atoms with E-state index in [2.05, 4.69) is 36.0 Å². The van der Waals surface area contributed by atoms with Gasteiger partial charge in [0, 0.05) is 42.8 Å². The number of fused-ring (bicyclic) bond motifs is 5. The van der Waals surface area contributed by atoms with E-state index in [1.807, 2.05) is 48.8 Å². The van der Waals surface area contributed by atoms with Crippen LogP contribution in [0.15, 0.2) is 55.1 Å². The lowest BCUT2D eigenvalue weighted by Gasteiger charge is -2.43. The molecule has 2 amide bonds. The van der Waals surface area contributed by atoms with Crippen LogP contribution in [-0.4, -0.2) is 51.0 Å². The van der Waals surface area contributed by atoms with Gasteiger partial charge >= 0.3 is 0 Å². The highest BCUT2D eigenvalue weighted by Crippen LogP contribution is 2.63. The highest BCUT2D eigenvalue weighted by molar-refractivity contribution is 6.09. The van der Waals surface area contributed by atoms with Crippen molar-refractivity contribution in [3.05, 3.63) is 66.4 Å². The largest absolute Gasteiger partial charge is 0.364 e. The fourth-order valence-corrected chi connectivity index (χ4v) is 6.50. The molecule has 2 fully saturated rings. The minimum Gasteiger partial charge on any atom is -0.364 e. The van der Waals surface area contributed by atoms with Crippen molar-refractivity contribution < 1.29 is 19.1 Å². The minimum absolute atomic E-state index is 0.0688. The molecule has 0 bridgehead atoms. The van der Waals surface area contributed by atoms with E-state index in [9.17, 15) is 14.4 Å². The van der Waals surface area contributed by atoms with Gasteiger partial charge in [0.05, 0.1) is 12.0 Å². The highest BCUT2D eigenvalue weighted by atomic mass is 16.5. The second-order valence-corrected chi connectivity index (χ2v) is 11.7. The standard InChI is InChI=1S/C29H35N5O4/c1-8-26(3,4)28-16-29(38-7)25(37)32-22(13-19-15-33(17-30-19)27(5,6)14-18(2)35)23(36)34(29)24(28)31-21-12-10-9-11-20(21)28/h8-13,15,17,24,31H,1,14,16H2,2-7H3,(H,32,37)/b22-13+/t24-,28+,29+/m0/s1. The van der Waals surface area contributed by atoms with Crippen molar-refractivity contribution in [1.29, 1.82) is 0 Å². The molecule has 3 atom stereocenters. The van der Waals surface area contributed by atoms with Crippen molar-refractivity contribution in [2.45, 2.75) is 70.3 Å². The van der Waals surface area contributed by atoms with Gasteiger partial charge < -0.3 is 19.9 Å². The number of hydrogen-bond donors (Lipinski definition) is 2. The van der Waals surface area contributed by atoms with Gasteiger partial charge in [0.15, 0.2) is 0 Å². The van der Waals surface area contributed by atoms with Crippen LogP contribution in [0.4, 0.5) is 5.69 Å². The number of anilines is 1. The van der Waals surface area contributed by atoms with Crippen molar-refractivity contribution in [1.82, 2.24) is 19.8 Å². The molecule has 38 heavy (non-hydrogen) atoms. The molecule has 0 unspecified atom stereocenters. The number of nitrogens with one attached hydrogen (secondary N) is 2. The zero-order valence-corrected chi connectivity index (χ0v) is 22.8. The van der Waals surface area contributed by atoms with Crippen molar-refractivity contribution in [3.8, 4) is 0 Å². The zero-order chi connectivity index (χ0) is 27.7. The molecule has 3 aliphatic heterocycles. The number of piperazine rings is 1. The van der Waals surface area contributed by atoms with E-state index in [-0.39, 0.29) is 23.8 Å². The first-order valence-corrected chi connectivity index (χ1v) is 12.8. The number of benzene rings is 1. The molecule has 2 aromatic rings. The summed E-state index contributed by atoms with van der Waals surface area (Å²) in [6.45, 7) is 13.7. The minimum atomic E-state index is -1.50. The second kappa shape index (κ2) is 8.39. The molecule has 9 heteroatoms. The van der Waals surface area contributed by atoms with E-state index >= 15 is 0 Å². The molecular formula is C29H35N5O4. The Bertz CT molecular complexity index is 1390. The summed E-state index contributed by atoms with van der Waals surface area (Å²) in [6, 6.07) is 7.95. The number of methoxy groups -OCH3 is 1. The van der Waals surface area contributed by atoms with Crippen molar-refractivity contribution >= 4 is 29.4 Å². The first kappa shape index (κ1) is 25.9. The Balaban J connectivity index is 1.59. The van der Waals surface area contributed by atoms with Gasteiger partial charge in [0.2, 0.25) is 5.72 Å². The maximum absolute atomic E-state index is 14.1. The maximum atomic E-state index is 14.1. The Morgan fingerprint density at radius 1 is 1.26 bits per heavy atom. The molecule has 0 aliphatic carbocycles. The summed E-state index contributed by atoms with van der Waals surface area (Å²) in [4.78, 5) is 45.6. The number of Topliss-reactive ketones (excluding diaryl/α,β-unsaturated/α-hetero) is 1. The summed E-state index contributed by atoms with van der Waals surface area (Å²) >= 11 is 0. The topological polar surface area (TPSA) is 106 Å². The molecule has 3 aliphatic rings. The number of ether oxygens (including phenoxy) is 1. The summed E-state index contributed by atoms with van der Waals surface area (Å²) in [5.41, 5.74) is -0.579. The third-order valence-electron chi connectivity index (χ3n) is 8.66. The van der Waals surface area contributed by atoms with E-state index in [0.29, 0.717) is 12.1 Å². The number of nitrogens with zero attached hydrogens (tertiary/aromatic N) is 3. The molecule has 2 N–H and O–H groups in total. The third kappa shape index (κ3) is 3.41. The summed E-state index contributed by atoms with van der Waals surface area (Å²) < 4.78 is 7.77.